The maximum absolute atomic E-state index is 13.5. The summed E-state index contributed by atoms with van der Waals surface area (Å²) in [5.41, 5.74) is 1.21. The number of nitrogens with zero attached hydrogens (tertiary/aromatic N) is 1. The van der Waals surface area contributed by atoms with Gasteiger partial charge < -0.3 is 14.7 Å². The highest BCUT2D eigenvalue weighted by molar-refractivity contribution is 5.94. The number of hydrogen-bond acceptors (Lipinski definition) is 3. The van der Waals surface area contributed by atoms with Crippen molar-refractivity contribution >= 4 is 5.91 Å². The second kappa shape index (κ2) is 6.38. The quantitative estimate of drug-likeness (QED) is 0.947. The number of likely N-dealkylation sites (tertiary alicyclic amines) is 1. The van der Waals surface area contributed by atoms with Crippen molar-refractivity contribution < 1.29 is 19.0 Å². The normalized spacial score (nSPS) is 20.6. The Hall–Kier alpha value is -2.40. The lowest BCUT2D eigenvalue weighted by atomic mass is 10.0. The van der Waals surface area contributed by atoms with Crippen molar-refractivity contribution in [2.75, 3.05) is 13.7 Å². The molecule has 0 aromatic heterocycles. The minimum absolute atomic E-state index is 0.182. The van der Waals surface area contributed by atoms with Crippen LogP contribution in [0.25, 0.3) is 0 Å². The Balaban J connectivity index is 1.87. The maximum Gasteiger partial charge on any atom is 0.254 e. The molecule has 2 aromatic carbocycles. The minimum Gasteiger partial charge on any atom is -0.497 e. The summed E-state index contributed by atoms with van der Waals surface area (Å²) in [4.78, 5) is 14.3. The zero-order valence-electron chi connectivity index (χ0n) is 12.8. The van der Waals surface area contributed by atoms with Gasteiger partial charge in [-0.3, -0.25) is 4.79 Å². The monoisotopic (exact) mass is 315 g/mol. The van der Waals surface area contributed by atoms with Gasteiger partial charge in [0.15, 0.2) is 0 Å². The molecule has 1 amide bonds. The second-order valence-corrected chi connectivity index (χ2v) is 5.65. The Labute approximate surface area is 134 Å². The van der Waals surface area contributed by atoms with Crippen LogP contribution in [-0.2, 0) is 0 Å². The molecule has 0 bridgehead atoms. The van der Waals surface area contributed by atoms with Gasteiger partial charge in [0.25, 0.3) is 5.91 Å². The molecule has 1 aliphatic rings. The van der Waals surface area contributed by atoms with E-state index in [0.717, 1.165) is 0 Å². The molecule has 1 saturated heterocycles. The zero-order chi connectivity index (χ0) is 16.4. The fourth-order valence-electron chi connectivity index (χ4n) is 2.97. The SMILES string of the molecule is COc1ccc(C(=O)N2C[C@H](O)C[C@@H]2c2cccc(F)c2)cc1. The molecule has 4 nitrogen and oxygen atoms in total. The van der Waals surface area contributed by atoms with E-state index in [1.54, 1.807) is 48.4 Å². The van der Waals surface area contributed by atoms with Gasteiger partial charge in [-0.05, 0) is 48.4 Å². The largest absolute Gasteiger partial charge is 0.497 e. The number of methoxy groups -OCH3 is 1. The lowest BCUT2D eigenvalue weighted by molar-refractivity contribution is 0.0715. The van der Waals surface area contributed by atoms with Gasteiger partial charge in [-0.25, -0.2) is 4.39 Å². The topological polar surface area (TPSA) is 49.8 Å². The van der Waals surface area contributed by atoms with Gasteiger partial charge in [-0.2, -0.15) is 0 Å². The molecule has 120 valence electrons. The van der Waals surface area contributed by atoms with Crippen LogP contribution in [0.3, 0.4) is 0 Å². The number of carbonyl (C=O) groups excluding carboxylic acids is 1. The van der Waals surface area contributed by atoms with Crippen LogP contribution in [0, 0.1) is 5.82 Å². The van der Waals surface area contributed by atoms with Crippen molar-refractivity contribution in [1.82, 2.24) is 4.90 Å². The molecule has 3 rings (SSSR count). The number of aliphatic hydroxyl groups is 1. The number of hydrogen-bond donors (Lipinski definition) is 1. The average Bonchev–Trinajstić information content (AvgIpc) is 2.96. The third kappa shape index (κ3) is 3.19. The number of ether oxygens (including phenoxy) is 1. The molecule has 0 unspecified atom stereocenters. The molecule has 5 heteroatoms. The van der Waals surface area contributed by atoms with Gasteiger partial charge >= 0.3 is 0 Å². The van der Waals surface area contributed by atoms with E-state index in [9.17, 15) is 14.3 Å². The summed E-state index contributed by atoms with van der Waals surface area (Å²) < 4.78 is 18.6. The van der Waals surface area contributed by atoms with E-state index in [2.05, 4.69) is 0 Å². The fraction of sp³-hybridized carbons (Fsp3) is 0.278. The van der Waals surface area contributed by atoms with Crippen LogP contribution in [0.2, 0.25) is 0 Å². The van der Waals surface area contributed by atoms with E-state index in [4.69, 9.17) is 4.74 Å². The standard InChI is InChI=1S/C18H18FNO3/c1-23-16-7-5-12(6-8-16)18(22)20-11-15(21)10-17(20)13-3-2-4-14(19)9-13/h2-9,15,17,21H,10-11H2,1H3/t15-,17-/m1/s1. The van der Waals surface area contributed by atoms with Crippen LogP contribution in [0.15, 0.2) is 48.5 Å². The summed E-state index contributed by atoms with van der Waals surface area (Å²) in [5.74, 6) is 0.142. The van der Waals surface area contributed by atoms with Gasteiger partial charge in [0.1, 0.15) is 11.6 Å². The molecule has 1 heterocycles. The molecule has 0 radical (unpaired) electrons. The first-order chi connectivity index (χ1) is 11.1. The van der Waals surface area contributed by atoms with Crippen LogP contribution in [-0.4, -0.2) is 35.7 Å². The summed E-state index contributed by atoms with van der Waals surface area (Å²) in [5, 5.41) is 9.97. The Bertz CT molecular complexity index is 702. The van der Waals surface area contributed by atoms with Crippen molar-refractivity contribution in [3.8, 4) is 5.75 Å². The highest BCUT2D eigenvalue weighted by atomic mass is 19.1. The highest BCUT2D eigenvalue weighted by Gasteiger charge is 2.35. The number of halogens is 1. The van der Waals surface area contributed by atoms with Crippen LogP contribution < -0.4 is 4.74 Å². The molecular weight excluding hydrogens is 297 g/mol. The molecule has 1 aliphatic heterocycles. The number of rotatable bonds is 3. The Kier molecular flexibility index (Phi) is 4.30. The van der Waals surface area contributed by atoms with Crippen LogP contribution in [0.5, 0.6) is 5.75 Å². The first-order valence-electron chi connectivity index (χ1n) is 7.47. The van der Waals surface area contributed by atoms with Crippen LogP contribution in [0.1, 0.15) is 28.4 Å². The molecule has 0 aliphatic carbocycles. The Morgan fingerprint density at radius 2 is 2.00 bits per heavy atom. The van der Waals surface area contributed by atoms with Crippen molar-refractivity contribution in [3.63, 3.8) is 0 Å². The molecule has 2 aromatic rings. The Morgan fingerprint density at radius 3 is 2.65 bits per heavy atom. The van der Waals surface area contributed by atoms with E-state index in [1.807, 2.05) is 0 Å². The second-order valence-electron chi connectivity index (χ2n) is 5.65. The predicted octanol–water partition coefficient (Wildman–Crippen LogP) is 2.78. The van der Waals surface area contributed by atoms with Gasteiger partial charge in [-0.15, -0.1) is 0 Å². The summed E-state index contributed by atoms with van der Waals surface area (Å²) in [6.07, 6.45) is -0.198. The van der Waals surface area contributed by atoms with E-state index < -0.39 is 6.10 Å². The van der Waals surface area contributed by atoms with E-state index >= 15 is 0 Å². The van der Waals surface area contributed by atoms with E-state index in [1.165, 1.54) is 12.1 Å². The van der Waals surface area contributed by atoms with Gasteiger partial charge in [0, 0.05) is 12.1 Å². The van der Waals surface area contributed by atoms with Crippen molar-refractivity contribution in [2.45, 2.75) is 18.6 Å². The number of amides is 1. The van der Waals surface area contributed by atoms with Crippen LogP contribution in [0.4, 0.5) is 4.39 Å². The molecule has 0 saturated carbocycles. The van der Waals surface area contributed by atoms with Crippen LogP contribution >= 0.6 is 0 Å². The first kappa shape index (κ1) is 15.5. The summed E-state index contributed by atoms with van der Waals surface area (Å²) in [6, 6.07) is 12.7. The third-order valence-corrected chi connectivity index (χ3v) is 4.11. The van der Waals surface area contributed by atoms with Crippen molar-refractivity contribution in [2.24, 2.45) is 0 Å². The predicted molar refractivity (Wildman–Crippen MR) is 83.8 cm³/mol. The average molecular weight is 315 g/mol. The van der Waals surface area contributed by atoms with Crippen molar-refractivity contribution in [3.05, 3.63) is 65.5 Å². The number of benzene rings is 2. The summed E-state index contributed by atoms with van der Waals surface area (Å²) in [7, 11) is 1.56. The molecule has 1 N–H and O–H groups in total. The van der Waals surface area contributed by atoms with E-state index in [0.29, 0.717) is 23.3 Å². The lowest BCUT2D eigenvalue weighted by Gasteiger charge is -2.25. The minimum atomic E-state index is -0.606. The van der Waals surface area contributed by atoms with Crippen molar-refractivity contribution in [1.29, 1.82) is 0 Å². The third-order valence-electron chi connectivity index (χ3n) is 4.11. The number of carbonyl (C=O) groups is 1. The molecule has 1 fully saturated rings. The zero-order valence-corrected chi connectivity index (χ0v) is 12.8. The number of β-amino-alcohol motifs (C(OH)–C–C–N with tert-alkyl or cyclic N) is 1. The molecule has 23 heavy (non-hydrogen) atoms. The molecule has 0 spiro atoms. The summed E-state index contributed by atoms with van der Waals surface area (Å²) in [6.45, 7) is 0.242. The Morgan fingerprint density at radius 1 is 1.26 bits per heavy atom. The van der Waals surface area contributed by atoms with Gasteiger partial charge in [-0.1, -0.05) is 12.1 Å². The van der Waals surface area contributed by atoms with Gasteiger partial charge in [0.2, 0.25) is 0 Å². The van der Waals surface area contributed by atoms with Gasteiger partial charge in [0.05, 0.1) is 19.3 Å². The first-order valence-corrected chi connectivity index (χ1v) is 7.47. The number of aliphatic hydroxyl groups excluding tert-OH is 1. The lowest BCUT2D eigenvalue weighted by Crippen LogP contribution is -2.31. The smallest absolute Gasteiger partial charge is 0.254 e. The highest BCUT2D eigenvalue weighted by Crippen LogP contribution is 2.33. The molecule has 2 atom stereocenters. The molecular formula is C18H18FNO3. The summed E-state index contributed by atoms with van der Waals surface area (Å²) >= 11 is 0. The maximum atomic E-state index is 13.5. The van der Waals surface area contributed by atoms with E-state index in [-0.39, 0.29) is 24.3 Å². The fourth-order valence-corrected chi connectivity index (χ4v) is 2.97.